The lowest BCUT2D eigenvalue weighted by Gasteiger charge is -2.30. The van der Waals surface area contributed by atoms with E-state index in [1.807, 2.05) is 6.92 Å². The third-order valence-corrected chi connectivity index (χ3v) is 8.61. The number of methoxy groups -OCH3 is 2. The van der Waals surface area contributed by atoms with Crippen LogP contribution in [0.3, 0.4) is 0 Å². The lowest BCUT2D eigenvalue weighted by Crippen LogP contribution is -2.32. The Morgan fingerprint density at radius 3 is 2.23 bits per heavy atom. The number of nitrogens with one attached hydrogen (secondary N) is 1. The molecule has 1 aromatic carbocycles. The molecule has 2 atom stereocenters. The first kappa shape index (κ1) is 25.2. The first-order valence-corrected chi connectivity index (χ1v) is 13.3. The van der Waals surface area contributed by atoms with Crippen molar-refractivity contribution in [1.29, 1.82) is 0 Å². The minimum atomic E-state index is -3.91. The lowest BCUT2D eigenvalue weighted by molar-refractivity contribution is 0.382. The van der Waals surface area contributed by atoms with Gasteiger partial charge in [0.15, 0.2) is 0 Å². The second-order valence-electron chi connectivity index (χ2n) is 8.75. The number of alkyl halides is 1. The van der Waals surface area contributed by atoms with E-state index in [1.54, 1.807) is 49.0 Å². The van der Waals surface area contributed by atoms with Crippen LogP contribution in [0, 0.1) is 6.92 Å². The molecule has 3 aromatic rings. The third-order valence-electron chi connectivity index (χ3n) is 6.39. The number of benzene rings is 1. The zero-order chi connectivity index (χ0) is 25.3. The number of aromatic nitrogens is 5. The van der Waals surface area contributed by atoms with Crippen molar-refractivity contribution in [3.8, 4) is 17.2 Å². The standard InChI is InChI=1S/C23H29ClN6O4S/c1-13-11-25-21(26-12-13)14(2)15(3)35(31,32)29-23-28-27-22(16-9-17(24)10-16)30(23)20-18(33-4)7-6-8-19(20)34-5/h6-8,11-12,14-17H,9-10H2,1-5H3,(H,28,29)/t14-,15-,16?,17?/m0/s1. The van der Waals surface area contributed by atoms with E-state index in [0.29, 0.717) is 41.7 Å². The fourth-order valence-corrected chi connectivity index (χ4v) is 5.66. The number of hydrogen-bond donors (Lipinski definition) is 1. The molecule has 10 nitrogen and oxygen atoms in total. The van der Waals surface area contributed by atoms with Gasteiger partial charge in [0.1, 0.15) is 28.8 Å². The van der Waals surface area contributed by atoms with Gasteiger partial charge in [0.2, 0.25) is 16.0 Å². The maximum Gasteiger partial charge on any atom is 0.243 e. The minimum absolute atomic E-state index is 0.0233. The van der Waals surface area contributed by atoms with Crippen molar-refractivity contribution in [2.45, 2.75) is 56.1 Å². The number of ether oxygens (including phenoxy) is 2. The van der Waals surface area contributed by atoms with Gasteiger partial charge in [-0.3, -0.25) is 9.29 Å². The molecule has 12 heteroatoms. The minimum Gasteiger partial charge on any atom is -0.494 e. The topological polar surface area (TPSA) is 121 Å². The first-order valence-electron chi connectivity index (χ1n) is 11.3. The van der Waals surface area contributed by atoms with Crippen molar-refractivity contribution in [2.24, 2.45) is 0 Å². The Hall–Kier alpha value is -2.92. The van der Waals surface area contributed by atoms with E-state index in [0.717, 1.165) is 5.56 Å². The molecule has 0 unspecified atom stereocenters. The predicted octanol–water partition coefficient (Wildman–Crippen LogP) is 3.80. The van der Waals surface area contributed by atoms with Crippen LogP contribution < -0.4 is 14.2 Å². The summed E-state index contributed by atoms with van der Waals surface area (Å²) >= 11 is 6.24. The molecule has 0 radical (unpaired) electrons. The molecule has 1 fully saturated rings. The summed E-state index contributed by atoms with van der Waals surface area (Å²) in [4.78, 5) is 8.60. The molecule has 0 aliphatic heterocycles. The molecule has 1 N–H and O–H groups in total. The summed E-state index contributed by atoms with van der Waals surface area (Å²) in [7, 11) is -0.839. The van der Waals surface area contributed by atoms with E-state index in [9.17, 15) is 8.42 Å². The quantitative estimate of drug-likeness (QED) is 0.423. The van der Waals surface area contributed by atoms with Crippen molar-refractivity contribution < 1.29 is 17.9 Å². The third kappa shape index (κ3) is 4.92. The predicted molar refractivity (Wildman–Crippen MR) is 133 cm³/mol. The van der Waals surface area contributed by atoms with Crippen LogP contribution in [-0.2, 0) is 10.0 Å². The summed E-state index contributed by atoms with van der Waals surface area (Å²) in [5.74, 6) is 1.62. The molecule has 1 aliphatic rings. The van der Waals surface area contributed by atoms with Crippen LogP contribution in [0.15, 0.2) is 30.6 Å². The highest BCUT2D eigenvalue weighted by atomic mass is 35.5. The first-order chi connectivity index (χ1) is 16.7. The summed E-state index contributed by atoms with van der Waals surface area (Å²) in [6.07, 6.45) is 4.76. The monoisotopic (exact) mass is 520 g/mol. The Morgan fingerprint density at radius 1 is 1.09 bits per heavy atom. The van der Waals surface area contributed by atoms with Gasteiger partial charge >= 0.3 is 0 Å². The van der Waals surface area contributed by atoms with Crippen LogP contribution in [0.1, 0.15) is 55.7 Å². The van der Waals surface area contributed by atoms with Crippen LogP contribution in [-0.4, -0.2) is 58.0 Å². The number of sulfonamides is 1. The molecule has 0 saturated heterocycles. The summed E-state index contributed by atoms with van der Waals surface area (Å²) in [5, 5.41) is 7.76. The highest BCUT2D eigenvalue weighted by molar-refractivity contribution is 7.93. The molecule has 4 rings (SSSR count). The number of halogens is 1. The van der Waals surface area contributed by atoms with Crippen LogP contribution in [0.25, 0.3) is 5.69 Å². The molecule has 0 spiro atoms. The van der Waals surface area contributed by atoms with Gasteiger partial charge in [0.25, 0.3) is 0 Å². The summed E-state index contributed by atoms with van der Waals surface area (Å²) in [5.41, 5.74) is 1.41. The van der Waals surface area contributed by atoms with Gasteiger partial charge in [-0.15, -0.1) is 21.8 Å². The Balaban J connectivity index is 1.75. The summed E-state index contributed by atoms with van der Waals surface area (Å²) in [6, 6.07) is 5.33. The maximum atomic E-state index is 13.5. The van der Waals surface area contributed by atoms with Crippen molar-refractivity contribution >= 4 is 27.6 Å². The molecule has 0 bridgehead atoms. The van der Waals surface area contributed by atoms with Gasteiger partial charge in [0, 0.05) is 29.6 Å². The number of para-hydroxylation sites is 1. The fourth-order valence-electron chi connectivity index (χ4n) is 4.00. The summed E-state index contributed by atoms with van der Waals surface area (Å²) in [6.45, 7) is 5.27. The van der Waals surface area contributed by atoms with Crippen LogP contribution in [0.5, 0.6) is 11.5 Å². The Kier molecular flexibility index (Phi) is 7.18. The molecule has 188 valence electrons. The molecule has 1 saturated carbocycles. The molecular formula is C23H29ClN6O4S. The molecule has 2 aromatic heterocycles. The van der Waals surface area contributed by atoms with E-state index >= 15 is 0 Å². The number of rotatable bonds is 9. The van der Waals surface area contributed by atoms with Crippen molar-refractivity contribution in [3.05, 3.63) is 47.8 Å². The van der Waals surface area contributed by atoms with E-state index in [2.05, 4.69) is 24.9 Å². The molecule has 0 amide bonds. The Labute approximate surface area is 210 Å². The number of anilines is 1. The van der Waals surface area contributed by atoms with E-state index in [4.69, 9.17) is 21.1 Å². The SMILES string of the molecule is COc1cccc(OC)c1-n1c(NS(=O)(=O)[C@@H](C)[C@H](C)c2ncc(C)cn2)nnc1C1CC(Cl)C1. The van der Waals surface area contributed by atoms with E-state index in [1.165, 1.54) is 14.2 Å². The number of nitrogens with zero attached hydrogens (tertiary/aromatic N) is 5. The average Bonchev–Trinajstić information content (AvgIpc) is 3.22. The lowest BCUT2D eigenvalue weighted by atomic mass is 9.84. The van der Waals surface area contributed by atoms with Crippen molar-refractivity contribution in [2.75, 3.05) is 18.9 Å². The fraction of sp³-hybridized carbons (Fsp3) is 0.478. The normalized spacial score (nSPS) is 19.5. The van der Waals surface area contributed by atoms with Gasteiger partial charge in [0.05, 0.1) is 19.5 Å². The van der Waals surface area contributed by atoms with Gasteiger partial charge < -0.3 is 9.47 Å². The smallest absolute Gasteiger partial charge is 0.243 e. The van der Waals surface area contributed by atoms with Crippen LogP contribution in [0.4, 0.5) is 5.95 Å². The highest BCUT2D eigenvalue weighted by Crippen LogP contribution is 2.43. The van der Waals surface area contributed by atoms with Crippen LogP contribution >= 0.6 is 11.6 Å². The van der Waals surface area contributed by atoms with E-state index < -0.39 is 21.2 Å². The van der Waals surface area contributed by atoms with Crippen molar-refractivity contribution in [3.63, 3.8) is 0 Å². The second kappa shape index (κ2) is 9.98. The number of aryl methyl sites for hydroxylation is 1. The van der Waals surface area contributed by atoms with Gasteiger partial charge in [-0.1, -0.05) is 13.0 Å². The van der Waals surface area contributed by atoms with Gasteiger partial charge in [-0.05, 0) is 44.4 Å². The largest absolute Gasteiger partial charge is 0.494 e. The molecular weight excluding hydrogens is 492 g/mol. The molecule has 35 heavy (non-hydrogen) atoms. The van der Waals surface area contributed by atoms with Crippen LogP contribution in [0.2, 0.25) is 0 Å². The Bertz CT molecular complexity index is 1270. The zero-order valence-electron chi connectivity index (χ0n) is 20.3. The zero-order valence-corrected chi connectivity index (χ0v) is 21.8. The maximum absolute atomic E-state index is 13.5. The highest BCUT2D eigenvalue weighted by Gasteiger charge is 2.37. The van der Waals surface area contributed by atoms with Crippen molar-refractivity contribution in [1.82, 2.24) is 24.7 Å². The van der Waals surface area contributed by atoms with Gasteiger partial charge in [-0.2, -0.15) is 0 Å². The Morgan fingerprint density at radius 2 is 1.69 bits per heavy atom. The molecule has 1 aliphatic carbocycles. The van der Waals surface area contributed by atoms with E-state index in [-0.39, 0.29) is 17.2 Å². The number of hydrogen-bond acceptors (Lipinski definition) is 8. The van der Waals surface area contributed by atoms with Gasteiger partial charge in [-0.25, -0.2) is 18.4 Å². The average molecular weight is 521 g/mol. The second-order valence-corrected chi connectivity index (χ2v) is 11.4. The summed E-state index contributed by atoms with van der Waals surface area (Å²) < 4.78 is 42.4. The molecule has 2 heterocycles.